The van der Waals surface area contributed by atoms with E-state index >= 15 is 0 Å². The molecular formula is C106H98Cl2IN6O9Y2-3. The van der Waals surface area contributed by atoms with Crippen molar-refractivity contribution >= 4 is 131 Å². The minimum absolute atomic E-state index is 0. The predicted molar refractivity (Wildman–Crippen MR) is 494 cm³/mol. The molecule has 15 nitrogen and oxygen atoms in total. The van der Waals surface area contributed by atoms with Gasteiger partial charge >= 0.3 is 5.97 Å². The van der Waals surface area contributed by atoms with E-state index in [1.165, 1.54) is 39.8 Å². The number of nitrogens with zero attached hydrogens (tertiary/aromatic N) is 6. The van der Waals surface area contributed by atoms with Gasteiger partial charge < -0.3 is 82.2 Å². The zero-order valence-corrected chi connectivity index (χ0v) is 83.2. The van der Waals surface area contributed by atoms with Crippen molar-refractivity contribution in [2.75, 3.05) is 44.7 Å². The Labute approximate surface area is 814 Å². The molecule has 6 heterocycles. The van der Waals surface area contributed by atoms with Crippen LogP contribution in [0, 0.1) is 34.6 Å². The fourth-order valence-corrected chi connectivity index (χ4v) is 17.9. The molecule has 0 atom stereocenters. The van der Waals surface area contributed by atoms with Gasteiger partial charge in [-0.15, -0.1) is 11.4 Å². The second-order valence-corrected chi connectivity index (χ2v) is 32.8. The Kier molecular flexibility index (Phi) is 29.6. The molecule has 2 amide bonds. The zero-order chi connectivity index (χ0) is 85.5. The summed E-state index contributed by atoms with van der Waals surface area (Å²) in [6.45, 7) is 42.7. The van der Waals surface area contributed by atoms with Crippen molar-refractivity contribution in [3.05, 3.63) is 322 Å². The monoisotopic (exact) mass is 1970 g/mol. The van der Waals surface area contributed by atoms with E-state index in [9.17, 15) is 24.0 Å². The molecule has 13 aromatic rings. The number of esters is 1. The first-order chi connectivity index (χ1) is 58.1. The smallest absolute Gasteiger partial charge is 0.338 e. The largest absolute Gasteiger partial charge is 1.00 e. The number of fused-ring (bicyclic) bond motifs is 8. The third kappa shape index (κ3) is 17.0. The molecule has 0 saturated heterocycles. The van der Waals surface area contributed by atoms with Gasteiger partial charge in [-0.2, -0.15) is 0 Å². The van der Waals surface area contributed by atoms with Gasteiger partial charge in [0.05, 0.1) is 29.6 Å². The summed E-state index contributed by atoms with van der Waals surface area (Å²) in [6.07, 6.45) is 6.39. The van der Waals surface area contributed by atoms with Gasteiger partial charge in [-0.1, -0.05) is 167 Å². The normalized spacial score (nSPS) is 13.7. The first-order valence-electron chi connectivity index (χ1n) is 41.5. The fourth-order valence-electron chi connectivity index (χ4n) is 17.9. The molecule has 0 spiro atoms. The van der Waals surface area contributed by atoms with Gasteiger partial charge in [0.1, 0.15) is 41.7 Å². The molecule has 2 radical (unpaired) electrons. The van der Waals surface area contributed by atoms with Crippen molar-refractivity contribution in [2.24, 2.45) is 12.0 Å². The molecule has 5 aliphatic heterocycles. The summed E-state index contributed by atoms with van der Waals surface area (Å²) in [5, 5.41) is 18.7. The van der Waals surface area contributed by atoms with E-state index in [1.807, 2.05) is 111 Å². The number of allylic oxidation sites excluding steroid dienone is 4. The first kappa shape index (κ1) is 96.4. The van der Waals surface area contributed by atoms with Crippen LogP contribution in [0.3, 0.4) is 0 Å². The van der Waals surface area contributed by atoms with Crippen LogP contribution in [0.25, 0.3) is 111 Å². The average molecular weight is 1980 g/mol. The zero-order valence-electron chi connectivity index (χ0n) is 73.9. The van der Waals surface area contributed by atoms with Gasteiger partial charge in [0.2, 0.25) is 5.36 Å². The summed E-state index contributed by atoms with van der Waals surface area (Å²) in [4.78, 5) is 71.0. The number of amides is 2. The Morgan fingerprint density at radius 3 is 1.81 bits per heavy atom. The number of benzene rings is 13. The van der Waals surface area contributed by atoms with E-state index < -0.39 is 0 Å². The molecule has 1 aromatic heterocycles. The van der Waals surface area contributed by atoms with Crippen LogP contribution >= 0.6 is 0 Å². The number of rotatable bonds is 13. The number of aromatic nitrogens is 1. The number of hydrogen-bond acceptors (Lipinski definition) is 11. The number of ether oxygens (including phenoxy) is 3. The van der Waals surface area contributed by atoms with E-state index in [-0.39, 0.29) is 148 Å². The number of hydrogen-bond donors (Lipinski definition) is 0. The van der Waals surface area contributed by atoms with Crippen LogP contribution in [0.5, 0.6) is 17.2 Å². The summed E-state index contributed by atoms with van der Waals surface area (Å²) >= 11 is 0. The Morgan fingerprint density at radius 2 is 1.16 bits per heavy atom. The number of para-hydroxylation sites is 1. The van der Waals surface area contributed by atoms with Crippen molar-refractivity contribution in [3.63, 3.8) is 0 Å². The van der Waals surface area contributed by atoms with Crippen molar-refractivity contribution in [3.8, 4) is 39.7 Å². The number of carbonyl (C=O) groups excluding carboxylic acids is 4. The van der Waals surface area contributed by atoms with E-state index in [4.69, 9.17) is 28.9 Å². The maximum atomic E-state index is 13.0. The van der Waals surface area contributed by atoms with E-state index in [1.54, 1.807) is 11.6 Å². The third-order valence-corrected chi connectivity index (χ3v) is 24.9. The maximum Gasteiger partial charge on any atom is 0.338 e. The molecule has 0 bridgehead atoms. The molecule has 0 unspecified atom stereocenters. The molecule has 0 fully saturated rings. The average Bonchev–Trinajstić information content (AvgIpc) is 0.896. The number of carbonyl (C=O) groups is 4. The molecular weight excluding hydrogens is 1880 g/mol. The third-order valence-electron chi connectivity index (χ3n) is 24.9. The van der Waals surface area contributed by atoms with E-state index in [0.717, 1.165) is 186 Å². The van der Waals surface area contributed by atoms with Crippen molar-refractivity contribution in [1.82, 2.24) is 14.0 Å². The molecule has 126 heavy (non-hydrogen) atoms. The number of halogens is 3. The van der Waals surface area contributed by atoms with Gasteiger partial charge in [-0.3, -0.25) is 29.1 Å². The Hall–Kier alpha value is -10.3. The van der Waals surface area contributed by atoms with Crippen molar-refractivity contribution in [1.29, 1.82) is 0 Å². The summed E-state index contributed by atoms with van der Waals surface area (Å²) in [7, 11) is 3.27. The molecule has 19 rings (SSSR count). The second kappa shape index (κ2) is 38.7. The Morgan fingerprint density at radius 1 is 0.579 bits per heavy atom. The van der Waals surface area contributed by atoms with Crippen LogP contribution < -0.4 is 94.4 Å². The van der Waals surface area contributed by atoms with Crippen LogP contribution in [0.1, 0.15) is 143 Å². The quantitative estimate of drug-likeness (QED) is 0.0206. The number of anilines is 1. The number of imide groups is 1. The summed E-state index contributed by atoms with van der Waals surface area (Å²) in [5.41, 5.74) is 22.0. The standard InChI is InChI=1S/C28H31N2O3.C27H16N2O3.C26H24O3.C25H27N2.2ClH.HI.2Y/c1-5-29(6-2)20-13-15-23-26(17-20)33-27-18-21(30(7-3)8-4)14-16-24(27)28(23)22-11-9-10-12-25(22)32-19-31;1-12-13-4-5-14-16-7-10-19-24-20(27(32)29(3)26(19)31)11-8-17(23(16)24)15-6-9-18(21(13)22(14)15)25(30)28(12)2;1-6-28-26(27)20-10-8-7-9-19(20)25-21-11-15(2)17(4)13-23(21)29-24-14-18(5)16(3)12-22(24)25;1-16-10-12-20-18(14-16)24(3,4)22(26-20)8-7-9-23-25(5,6)19-15-17(2)11-13-21(19)27-23;;;;;/h9-19H,5-8H2,1-4H3;4-11H,1H2,2-3H3;7-14H,4,6H2,1-3,5H3;7-15H,1-6H3;3*1H;;/q+1;;;-1;;;;;/p-3/b;;;8-7+,23-9-;;;;;. The van der Waals surface area contributed by atoms with Crippen molar-refractivity contribution < 1.29 is 152 Å². The van der Waals surface area contributed by atoms with E-state index in [2.05, 4.69) is 221 Å². The minimum atomic E-state index is -0.320. The van der Waals surface area contributed by atoms with Crippen molar-refractivity contribution in [2.45, 2.75) is 108 Å². The second-order valence-electron chi connectivity index (χ2n) is 32.8. The van der Waals surface area contributed by atoms with Gasteiger partial charge in [0.15, 0.2) is 0 Å². The van der Waals surface area contributed by atoms with Gasteiger partial charge in [-0.05, 0) is 225 Å². The van der Waals surface area contributed by atoms with Crippen LogP contribution in [-0.2, 0) is 92.8 Å². The fraction of sp³-hybridized carbons (Fsp3) is 0.217. The van der Waals surface area contributed by atoms with Crippen LogP contribution in [0.4, 0.5) is 17.1 Å². The summed E-state index contributed by atoms with van der Waals surface area (Å²) in [6, 6.07) is 64.7. The van der Waals surface area contributed by atoms with Crippen LogP contribution in [0.2, 0.25) is 0 Å². The number of pyridine rings is 1. The minimum Gasteiger partial charge on any atom is -1.00 e. The molecule has 0 saturated carbocycles. The van der Waals surface area contributed by atoms with Gasteiger partial charge in [0.25, 0.3) is 23.8 Å². The topological polar surface area (TPSA) is 167 Å². The molecule has 0 N–H and O–H groups in total. The van der Waals surface area contributed by atoms with Gasteiger partial charge in [0, 0.05) is 192 Å². The van der Waals surface area contributed by atoms with E-state index in [0.29, 0.717) is 51.6 Å². The Balaban J connectivity index is 0.000000161. The summed E-state index contributed by atoms with van der Waals surface area (Å²) < 4.78 is 27.4. The van der Waals surface area contributed by atoms with Gasteiger partial charge in [-0.25, -0.2) is 9.37 Å². The first-order valence-corrected chi connectivity index (χ1v) is 41.5. The molecule has 20 heteroatoms. The molecule has 12 aromatic carbocycles. The Bertz CT molecular complexity index is 7170. The summed E-state index contributed by atoms with van der Waals surface area (Å²) in [5.74, 6) is 1.99. The maximum absolute atomic E-state index is 13.0. The molecule has 636 valence electrons. The number of aryl methyl sites for hydroxylation is 5. The predicted octanol–water partition coefficient (Wildman–Crippen LogP) is 12.0. The number of aliphatic imine (C=N–C) groups is 1. The SMILES string of the molecule is C=c1c2ccc3c4ccc5c6c(ccc(c7ccc(c(=O)n1C)c2c37)c64)C(=O)N(C)C5=O.C=c1cc2c(cc1C)=C(c1ccccc1C(=O)OCC)c1cc(C)c(C)cc1O2.CCN(CC)c1ccc2c(-c3ccccc3OC=O)c3ccc(=[N+](CC)CC)cc-3oc2c1.Cc1ccc2c(c1)C(C)(C)C(/C=C/C=C1\[N-]c3ccc(C)cc3C1(C)C)=N2.[Cl-].[Cl-].[I-].[Y].[Y]. The molecule has 1 aliphatic carbocycles. The van der Waals surface area contributed by atoms with Crippen LogP contribution in [0.15, 0.2) is 232 Å². The molecule has 6 aliphatic rings. The van der Waals surface area contributed by atoms with Crippen LogP contribution in [-0.4, -0.2) is 79.3 Å².